The number of anilines is 1. The number of hydrogen-bond acceptors (Lipinski definition) is 7. The lowest BCUT2D eigenvalue weighted by atomic mass is 9.88. The third-order valence-electron chi connectivity index (χ3n) is 7.06. The fourth-order valence-corrected chi connectivity index (χ4v) is 4.99. The van der Waals surface area contributed by atoms with Gasteiger partial charge in [0.25, 0.3) is 0 Å². The molecule has 2 aliphatic carbocycles. The van der Waals surface area contributed by atoms with Gasteiger partial charge in [-0.2, -0.15) is 0 Å². The maximum Gasteiger partial charge on any atom is 0.328 e. The van der Waals surface area contributed by atoms with Crippen molar-refractivity contribution in [1.29, 1.82) is 0 Å². The van der Waals surface area contributed by atoms with Crippen LogP contribution in [0.1, 0.15) is 68.3 Å². The molecule has 0 saturated heterocycles. The van der Waals surface area contributed by atoms with E-state index in [1.165, 1.54) is 6.08 Å². The molecular weight excluding hydrogens is 458 g/mol. The second-order valence-corrected chi connectivity index (χ2v) is 9.63. The molecule has 0 radical (unpaired) electrons. The summed E-state index contributed by atoms with van der Waals surface area (Å²) in [6.45, 7) is 0.895. The number of carbonyl (C=O) groups is 2. The van der Waals surface area contributed by atoms with Crippen LogP contribution in [0.3, 0.4) is 0 Å². The number of amides is 1. The van der Waals surface area contributed by atoms with Gasteiger partial charge in [-0.05, 0) is 55.9 Å². The van der Waals surface area contributed by atoms with Crippen molar-refractivity contribution in [3.63, 3.8) is 0 Å². The van der Waals surface area contributed by atoms with E-state index < -0.39 is 5.97 Å². The van der Waals surface area contributed by atoms with Crippen molar-refractivity contribution < 1.29 is 19.4 Å². The van der Waals surface area contributed by atoms with E-state index in [0.29, 0.717) is 35.9 Å². The van der Waals surface area contributed by atoms with Crippen LogP contribution in [-0.4, -0.2) is 51.2 Å². The molecule has 2 fully saturated rings. The van der Waals surface area contributed by atoms with E-state index in [2.05, 4.69) is 20.3 Å². The monoisotopic (exact) mass is 493 g/mol. The molecule has 2 heterocycles. The van der Waals surface area contributed by atoms with E-state index >= 15 is 0 Å². The number of aromatic nitrogens is 3. The number of carboxylic acid groups (broad SMARTS) is 1. The van der Waals surface area contributed by atoms with Gasteiger partial charge in [0.1, 0.15) is 11.6 Å². The number of nitrogens with zero attached hydrogens (tertiary/aromatic N) is 4. The smallest absolute Gasteiger partial charge is 0.328 e. The van der Waals surface area contributed by atoms with Gasteiger partial charge in [-0.3, -0.25) is 9.69 Å². The first kappa shape index (κ1) is 25.9. The van der Waals surface area contributed by atoms with Gasteiger partial charge in [0.05, 0.1) is 12.6 Å². The van der Waals surface area contributed by atoms with Crippen LogP contribution in [0.15, 0.2) is 36.8 Å². The molecule has 192 valence electrons. The highest BCUT2D eigenvalue weighted by molar-refractivity contribution is 5.94. The van der Waals surface area contributed by atoms with Crippen LogP contribution >= 0.6 is 0 Å². The Labute approximate surface area is 212 Å². The zero-order valence-corrected chi connectivity index (χ0v) is 20.8. The molecule has 4 rings (SSSR count). The van der Waals surface area contributed by atoms with E-state index in [9.17, 15) is 9.59 Å². The van der Waals surface area contributed by atoms with Crippen LogP contribution in [-0.2, 0) is 27.4 Å². The van der Waals surface area contributed by atoms with Crippen LogP contribution in [0.5, 0.6) is 0 Å². The minimum Gasteiger partial charge on any atom is -0.478 e. The minimum absolute atomic E-state index is 0.0184. The molecule has 0 aliphatic heterocycles. The maximum atomic E-state index is 13.5. The Hall–Kier alpha value is -3.17. The summed E-state index contributed by atoms with van der Waals surface area (Å²) in [6.07, 6.45) is 16.3. The SMILES string of the molecule is COC1CCC(NCc2cnc(CN(C(=O)C3CCCCC3)c3cc(C=CC(=O)O)ccn3)nc2)C1. The highest BCUT2D eigenvalue weighted by Crippen LogP contribution is 2.28. The molecule has 2 N–H and O–H groups in total. The maximum absolute atomic E-state index is 13.5. The van der Waals surface area contributed by atoms with E-state index in [0.717, 1.165) is 63.0 Å². The van der Waals surface area contributed by atoms with E-state index in [-0.39, 0.29) is 18.4 Å². The van der Waals surface area contributed by atoms with Gasteiger partial charge in [0.15, 0.2) is 0 Å². The first-order valence-electron chi connectivity index (χ1n) is 12.8. The quantitative estimate of drug-likeness (QED) is 0.481. The molecule has 2 aromatic rings. The highest BCUT2D eigenvalue weighted by atomic mass is 16.5. The number of rotatable bonds is 10. The van der Waals surface area contributed by atoms with Gasteiger partial charge in [-0.25, -0.2) is 19.7 Å². The van der Waals surface area contributed by atoms with Gasteiger partial charge < -0.3 is 15.2 Å². The van der Waals surface area contributed by atoms with Crippen molar-refractivity contribution in [2.24, 2.45) is 5.92 Å². The highest BCUT2D eigenvalue weighted by Gasteiger charge is 2.28. The number of carboxylic acids is 1. The number of hydrogen-bond donors (Lipinski definition) is 2. The average Bonchev–Trinajstić information content (AvgIpc) is 3.38. The lowest BCUT2D eigenvalue weighted by molar-refractivity contribution is -0.131. The summed E-state index contributed by atoms with van der Waals surface area (Å²) in [5.41, 5.74) is 1.65. The molecule has 9 nitrogen and oxygen atoms in total. The summed E-state index contributed by atoms with van der Waals surface area (Å²) in [5, 5.41) is 12.5. The van der Waals surface area contributed by atoms with Crippen molar-refractivity contribution in [3.8, 4) is 0 Å². The van der Waals surface area contributed by atoms with Gasteiger partial charge in [0, 0.05) is 55.8 Å². The molecule has 2 saturated carbocycles. The molecule has 0 aromatic carbocycles. The molecular formula is C27H35N5O4. The fraction of sp³-hybridized carbons (Fsp3) is 0.519. The van der Waals surface area contributed by atoms with Gasteiger partial charge in [0.2, 0.25) is 5.91 Å². The van der Waals surface area contributed by atoms with Gasteiger partial charge >= 0.3 is 5.97 Å². The normalized spacial score (nSPS) is 20.6. The number of pyridine rings is 1. The first-order chi connectivity index (χ1) is 17.5. The standard InChI is InChI=1S/C27H35N5O4/c1-36-23-9-8-22(14-23)29-15-20-16-30-24(31-17-20)18-32(27(35)21-5-3-2-4-6-21)25-13-19(11-12-28-25)7-10-26(33)34/h7,10-13,16-17,21-23,29H,2-6,8-9,14-15,18H2,1H3,(H,33,34). The second kappa shape index (κ2) is 12.7. The average molecular weight is 494 g/mol. The number of nitrogens with one attached hydrogen (secondary N) is 1. The van der Waals surface area contributed by atoms with Crippen LogP contribution in [0, 0.1) is 5.92 Å². The van der Waals surface area contributed by atoms with Crippen LogP contribution in [0.2, 0.25) is 0 Å². The van der Waals surface area contributed by atoms with Crippen molar-refractivity contribution in [2.45, 2.75) is 76.6 Å². The van der Waals surface area contributed by atoms with Crippen molar-refractivity contribution in [2.75, 3.05) is 12.0 Å². The van der Waals surface area contributed by atoms with E-state index in [1.807, 2.05) is 0 Å². The predicted molar refractivity (Wildman–Crippen MR) is 136 cm³/mol. The molecule has 2 unspecified atom stereocenters. The van der Waals surface area contributed by atoms with Crippen LogP contribution in [0.25, 0.3) is 6.08 Å². The lowest BCUT2D eigenvalue weighted by Gasteiger charge is -2.28. The summed E-state index contributed by atoms with van der Waals surface area (Å²) < 4.78 is 5.45. The Kier molecular flexibility index (Phi) is 9.13. The molecule has 0 spiro atoms. The molecule has 2 atom stereocenters. The Balaban J connectivity index is 1.47. The molecule has 0 bridgehead atoms. The minimum atomic E-state index is -1.03. The van der Waals surface area contributed by atoms with Crippen LogP contribution < -0.4 is 10.2 Å². The molecule has 2 aromatic heterocycles. The number of methoxy groups -OCH3 is 1. The fourth-order valence-electron chi connectivity index (χ4n) is 4.99. The summed E-state index contributed by atoms with van der Waals surface area (Å²) in [5.74, 6) is -0.0507. The third-order valence-corrected chi connectivity index (χ3v) is 7.06. The Morgan fingerprint density at radius 2 is 1.92 bits per heavy atom. The summed E-state index contributed by atoms with van der Waals surface area (Å²) in [4.78, 5) is 39.6. The number of aliphatic carboxylic acids is 1. The predicted octanol–water partition coefficient (Wildman–Crippen LogP) is 3.74. The van der Waals surface area contributed by atoms with Gasteiger partial charge in [-0.1, -0.05) is 19.3 Å². The largest absolute Gasteiger partial charge is 0.478 e. The Morgan fingerprint density at radius 3 is 2.61 bits per heavy atom. The summed E-state index contributed by atoms with van der Waals surface area (Å²) in [7, 11) is 1.76. The zero-order chi connectivity index (χ0) is 25.3. The Bertz CT molecular complexity index is 1050. The molecule has 36 heavy (non-hydrogen) atoms. The number of carbonyl (C=O) groups excluding carboxylic acids is 1. The summed E-state index contributed by atoms with van der Waals surface area (Å²) in [6, 6.07) is 3.88. The van der Waals surface area contributed by atoms with E-state index in [4.69, 9.17) is 9.84 Å². The Morgan fingerprint density at radius 1 is 1.14 bits per heavy atom. The first-order valence-corrected chi connectivity index (χ1v) is 12.8. The molecule has 2 aliphatic rings. The third kappa shape index (κ3) is 7.18. The lowest BCUT2D eigenvalue weighted by Crippen LogP contribution is -2.37. The summed E-state index contributed by atoms with van der Waals surface area (Å²) >= 11 is 0. The molecule has 9 heteroatoms. The topological polar surface area (TPSA) is 118 Å². The second-order valence-electron chi connectivity index (χ2n) is 9.63. The van der Waals surface area contributed by atoms with Crippen LogP contribution in [0.4, 0.5) is 5.82 Å². The van der Waals surface area contributed by atoms with Crippen molar-refractivity contribution in [3.05, 3.63) is 53.8 Å². The molecule has 1 amide bonds. The van der Waals surface area contributed by atoms with Crippen molar-refractivity contribution >= 4 is 23.8 Å². The zero-order valence-electron chi connectivity index (χ0n) is 20.8. The van der Waals surface area contributed by atoms with E-state index in [1.54, 1.807) is 42.7 Å². The van der Waals surface area contributed by atoms with Gasteiger partial charge in [-0.15, -0.1) is 0 Å². The van der Waals surface area contributed by atoms with Crippen molar-refractivity contribution in [1.82, 2.24) is 20.3 Å². The number of ether oxygens (including phenoxy) is 1.